The van der Waals surface area contributed by atoms with Gasteiger partial charge in [0.25, 0.3) is 0 Å². The largest absolute Gasteiger partial charge is 4.00 e. The van der Waals surface area contributed by atoms with Crippen molar-refractivity contribution < 1.29 is 155 Å². The number of carbonyl (C=O) groups excluding carboxylic acids is 4. The molecule has 2 aromatic rings. The van der Waals surface area contributed by atoms with Crippen LogP contribution in [0, 0.1) is 10.8 Å². The van der Waals surface area contributed by atoms with Crippen LogP contribution in [0.3, 0.4) is 0 Å². The SMILES string of the molecule is CC(=O)/C=C(/C)[O-].CC(=O)/C=C(/C)[O-].CCC(C[O-])(C[O-])C[O-].CCC(C[O-])(C[O-])C[O-].O=C([O-])c1ccccc1.O=C([O-])c1ccccc1.[O-2].[O-2].[V+4].[V+4].[V].[V]. The molecule has 4 radical (unpaired) electrons. The quantitative estimate of drug-likeness (QED) is 0.142. The molecule has 0 aliphatic carbocycles. The number of rotatable bonds is 12. The van der Waals surface area contributed by atoms with Crippen molar-refractivity contribution in [3.8, 4) is 0 Å². The summed E-state index contributed by atoms with van der Waals surface area (Å²) in [6, 6.07) is 16.1. The van der Waals surface area contributed by atoms with Crippen molar-refractivity contribution in [1.82, 2.24) is 0 Å². The third kappa shape index (κ3) is 46.2. The molecule has 0 saturated carbocycles. The first-order valence-electron chi connectivity index (χ1n) is 15.1. The summed E-state index contributed by atoms with van der Waals surface area (Å²) in [5.74, 6) is -3.01. The molecule has 0 aliphatic rings. The summed E-state index contributed by atoms with van der Waals surface area (Å²) >= 11 is 0. The Morgan fingerprint density at radius 2 is 0.679 bits per heavy atom. The van der Waals surface area contributed by atoms with Crippen molar-refractivity contribution in [2.45, 2.75) is 54.4 Å². The summed E-state index contributed by atoms with van der Waals surface area (Å²) in [6.07, 6.45) is 2.92. The molecule has 0 saturated heterocycles. The topological polar surface area (TPSA) is 356 Å². The Labute approximate surface area is 376 Å². The first-order chi connectivity index (χ1) is 23.3. The second kappa shape index (κ2) is 49.0. The van der Waals surface area contributed by atoms with E-state index in [1.54, 1.807) is 50.2 Å². The van der Waals surface area contributed by atoms with E-state index in [0.29, 0.717) is 12.8 Å². The van der Waals surface area contributed by atoms with Crippen LogP contribution in [0.15, 0.2) is 84.3 Å². The molecular weight excluding hydrogens is 892 g/mol. The molecule has 2 rings (SSSR count). The van der Waals surface area contributed by atoms with E-state index in [2.05, 4.69) is 0 Å². The van der Waals surface area contributed by atoms with Crippen molar-refractivity contribution >= 4 is 23.5 Å². The van der Waals surface area contributed by atoms with Gasteiger partial charge in [0.15, 0.2) is 11.6 Å². The van der Waals surface area contributed by atoms with Crippen LogP contribution in [-0.2, 0) is 94.8 Å². The molecule has 0 bridgehead atoms. The Morgan fingerprint density at radius 3 is 0.732 bits per heavy atom. The molecule has 0 atom stereocenters. The van der Waals surface area contributed by atoms with E-state index >= 15 is 0 Å². The molecule has 56 heavy (non-hydrogen) atoms. The van der Waals surface area contributed by atoms with Crippen molar-refractivity contribution in [2.75, 3.05) is 39.6 Å². The first kappa shape index (κ1) is 78.2. The van der Waals surface area contributed by atoms with E-state index in [9.17, 15) is 70.2 Å². The number of allylic oxidation sites excluding steroid dienone is 4. The van der Waals surface area contributed by atoms with E-state index in [1.807, 2.05) is 0 Å². The Hall–Kier alpha value is -2.18. The van der Waals surface area contributed by atoms with Crippen LogP contribution in [-0.4, -0.2) is 63.1 Å². The van der Waals surface area contributed by atoms with Crippen LogP contribution in [0.1, 0.15) is 75.1 Å². The Morgan fingerprint density at radius 1 is 0.482 bits per heavy atom. The Balaban J connectivity index is -0.0000000557. The second-order valence-electron chi connectivity index (χ2n) is 10.6. The molecule has 0 aromatic heterocycles. The number of benzene rings is 2. The van der Waals surface area contributed by atoms with E-state index in [-0.39, 0.29) is 119 Å². The smallest absolute Gasteiger partial charge is 2.00 e. The van der Waals surface area contributed by atoms with E-state index in [1.165, 1.54) is 52.0 Å². The van der Waals surface area contributed by atoms with Crippen LogP contribution in [0.25, 0.3) is 0 Å². The third-order valence-electron chi connectivity index (χ3n) is 6.17. The summed E-state index contributed by atoms with van der Waals surface area (Å²) in [5.41, 5.74) is -1.56. The molecule has 0 N–H and O–H groups in total. The van der Waals surface area contributed by atoms with Crippen molar-refractivity contribution in [3.63, 3.8) is 0 Å². The van der Waals surface area contributed by atoms with Gasteiger partial charge >= 0.3 is 37.1 Å². The maximum Gasteiger partial charge on any atom is 4.00 e. The standard InChI is InChI=1S/2C7H6O2.2C6H11O3.2C5H8O2.2O.4V/c2*8-7(9)6-4-2-1-3-5-6;2*1-2-6(3-7,4-8)5-9;2*1-4(6)3-5(2)7;;;;;;/h2*1-5H,(H,8,9);2*2-5H2,1H3;2*3,6H,1-2H3;;;;;;/q;;2*-3;;;2*-2;;;2*+4/p-4/b;;;;2*4-3-;;;;;;. The Bertz CT molecular complexity index is 1120. The predicted octanol–water partition coefficient (Wildman–Crippen LogP) is -5.54. The average Bonchev–Trinajstić information content (AvgIpc) is 3.08. The fraction of sp³-hybridized carbons (Fsp3) is 0.444. The van der Waals surface area contributed by atoms with Gasteiger partial charge < -0.3 is 71.6 Å². The number of carboxylic acid groups (broad SMARTS) is 2. The van der Waals surface area contributed by atoms with Gasteiger partial charge in [0.2, 0.25) is 0 Å². The molecule has 0 spiro atoms. The van der Waals surface area contributed by atoms with E-state index in [4.69, 9.17) is 0 Å². The molecular formula is C36H46O16V4-6. The number of hydrogen-bond acceptors (Lipinski definition) is 14. The first-order valence-corrected chi connectivity index (χ1v) is 15.1. The molecule has 2 aromatic carbocycles. The normalized spacial score (nSPS) is 9.57. The maximum atomic E-state index is 10.2. The van der Waals surface area contributed by atoms with Gasteiger partial charge in [-0.25, -0.2) is 0 Å². The minimum atomic E-state index is -1.13. The second-order valence-corrected chi connectivity index (χ2v) is 10.6. The van der Waals surface area contributed by atoms with Gasteiger partial charge in [-0.05, 0) is 37.1 Å². The summed E-state index contributed by atoms with van der Waals surface area (Å²) in [7, 11) is 0. The fourth-order valence-electron chi connectivity index (χ4n) is 2.58. The molecule has 0 unspecified atom stereocenters. The van der Waals surface area contributed by atoms with Gasteiger partial charge in [-0.2, -0.15) is 0 Å². The van der Waals surface area contributed by atoms with Crippen molar-refractivity contribution in [3.05, 3.63) is 95.5 Å². The van der Waals surface area contributed by atoms with Crippen molar-refractivity contribution in [1.29, 1.82) is 0 Å². The summed E-state index contributed by atoms with van der Waals surface area (Å²) in [6.45, 7) is 5.61. The van der Waals surface area contributed by atoms with E-state index in [0.717, 1.165) is 12.2 Å². The van der Waals surface area contributed by atoms with Gasteiger partial charge in [0, 0.05) is 37.1 Å². The minimum absolute atomic E-state index is 0. The zero-order valence-electron chi connectivity index (χ0n) is 31.9. The number of ketones is 2. The molecule has 0 fully saturated rings. The van der Waals surface area contributed by atoms with Crippen molar-refractivity contribution in [2.24, 2.45) is 10.8 Å². The number of carboxylic acids is 2. The third-order valence-corrected chi connectivity index (χ3v) is 6.17. The van der Waals surface area contributed by atoms with Crippen LogP contribution < -0.4 is 51.1 Å². The molecule has 312 valence electrons. The monoisotopic (exact) mass is 938 g/mol. The molecule has 0 aliphatic heterocycles. The number of hydrogen-bond donors (Lipinski definition) is 0. The van der Waals surface area contributed by atoms with Gasteiger partial charge in [-0.3, -0.25) is 9.59 Å². The van der Waals surface area contributed by atoms with Crippen LogP contribution in [0.4, 0.5) is 0 Å². The van der Waals surface area contributed by atoms with Gasteiger partial charge in [-0.15, -0.1) is 51.2 Å². The minimum Gasteiger partial charge on any atom is -2.00 e. The van der Waals surface area contributed by atoms with Gasteiger partial charge in [-0.1, -0.05) is 112 Å². The van der Waals surface area contributed by atoms with Gasteiger partial charge in [0.1, 0.15) is 0 Å². The fourth-order valence-corrected chi connectivity index (χ4v) is 2.58. The van der Waals surface area contributed by atoms with Crippen LogP contribution in [0.5, 0.6) is 0 Å². The molecule has 0 heterocycles. The Kier molecular flexibility index (Phi) is 68.4. The van der Waals surface area contributed by atoms with E-state index < -0.39 is 62.4 Å². The maximum absolute atomic E-state index is 10.2. The summed E-state index contributed by atoms with van der Waals surface area (Å²) < 4.78 is 0. The zero-order chi connectivity index (χ0) is 39.8. The van der Waals surface area contributed by atoms with Gasteiger partial charge in [0.05, 0.1) is 11.9 Å². The van der Waals surface area contributed by atoms with Crippen LogP contribution in [0.2, 0.25) is 0 Å². The average molecular weight is 939 g/mol. The zero-order valence-corrected chi connectivity index (χ0v) is 37.5. The molecule has 16 nitrogen and oxygen atoms in total. The number of carbonyl (C=O) groups is 4. The number of aromatic carboxylic acids is 2. The summed E-state index contributed by atoms with van der Waals surface area (Å²) in [5, 5.41) is 102. The molecule has 0 amide bonds. The van der Waals surface area contributed by atoms with Crippen LogP contribution >= 0.6 is 0 Å². The summed E-state index contributed by atoms with van der Waals surface area (Å²) in [4.78, 5) is 40.1. The molecule has 20 heteroatoms. The predicted molar refractivity (Wildman–Crippen MR) is 166 cm³/mol.